The first kappa shape index (κ1) is 11.8. The first-order chi connectivity index (χ1) is 6.99. The second-order valence-corrected chi connectivity index (χ2v) is 4.71. The molecular formula is C10H14N2O2S. The molecule has 0 aromatic carbocycles. The van der Waals surface area contributed by atoms with Crippen molar-refractivity contribution in [1.82, 2.24) is 4.98 Å². The van der Waals surface area contributed by atoms with Crippen molar-refractivity contribution in [2.45, 2.75) is 27.2 Å². The Bertz CT molecular complexity index is 383. The second kappa shape index (κ2) is 5.02. The molecule has 0 saturated carbocycles. The van der Waals surface area contributed by atoms with Crippen molar-refractivity contribution >= 4 is 17.4 Å². The van der Waals surface area contributed by atoms with Gasteiger partial charge >= 0.3 is 0 Å². The lowest BCUT2D eigenvalue weighted by Crippen LogP contribution is -2.02. The SMILES string of the molecule is Cc1csc(C=C(CC(C)C)[N+](=O)[O-])n1. The van der Waals surface area contributed by atoms with Gasteiger partial charge in [-0.25, -0.2) is 4.98 Å². The highest BCUT2D eigenvalue weighted by Crippen LogP contribution is 2.18. The third kappa shape index (κ3) is 3.79. The van der Waals surface area contributed by atoms with Gasteiger partial charge in [-0.15, -0.1) is 11.3 Å². The predicted octanol–water partition coefficient (Wildman–Crippen LogP) is 3.12. The second-order valence-electron chi connectivity index (χ2n) is 3.82. The Kier molecular flexibility index (Phi) is 3.96. The van der Waals surface area contributed by atoms with Crippen molar-refractivity contribution in [3.05, 3.63) is 31.9 Å². The summed E-state index contributed by atoms with van der Waals surface area (Å²) in [6, 6.07) is 0. The molecule has 15 heavy (non-hydrogen) atoms. The summed E-state index contributed by atoms with van der Waals surface area (Å²) in [6.07, 6.45) is 2.04. The van der Waals surface area contributed by atoms with Crippen LogP contribution in [0.4, 0.5) is 0 Å². The summed E-state index contributed by atoms with van der Waals surface area (Å²) in [5, 5.41) is 13.4. The molecule has 0 aliphatic rings. The largest absolute Gasteiger partial charge is 0.259 e. The zero-order chi connectivity index (χ0) is 11.4. The highest BCUT2D eigenvalue weighted by molar-refractivity contribution is 7.10. The number of hydrogen-bond acceptors (Lipinski definition) is 4. The maximum atomic E-state index is 10.8. The Morgan fingerprint density at radius 1 is 1.73 bits per heavy atom. The van der Waals surface area contributed by atoms with E-state index in [2.05, 4.69) is 4.98 Å². The average Bonchev–Trinajstić information content (AvgIpc) is 2.49. The van der Waals surface area contributed by atoms with Crippen LogP contribution in [0.2, 0.25) is 0 Å². The van der Waals surface area contributed by atoms with Crippen LogP contribution in [0.5, 0.6) is 0 Å². The summed E-state index contributed by atoms with van der Waals surface area (Å²) in [5.41, 5.74) is 1.14. The van der Waals surface area contributed by atoms with Crippen LogP contribution < -0.4 is 0 Å². The number of aryl methyl sites for hydroxylation is 1. The summed E-state index contributed by atoms with van der Waals surface area (Å²) >= 11 is 1.43. The van der Waals surface area contributed by atoms with Crippen molar-refractivity contribution in [3.63, 3.8) is 0 Å². The summed E-state index contributed by atoms with van der Waals surface area (Å²) in [6.45, 7) is 5.80. The molecule has 1 heterocycles. The van der Waals surface area contributed by atoms with Crippen molar-refractivity contribution in [2.75, 3.05) is 0 Å². The summed E-state index contributed by atoms with van der Waals surface area (Å²) in [5.74, 6) is 0.280. The molecule has 0 aliphatic carbocycles. The van der Waals surface area contributed by atoms with Gasteiger partial charge in [-0.05, 0) is 12.8 Å². The fraction of sp³-hybridized carbons (Fsp3) is 0.500. The molecule has 0 spiro atoms. The van der Waals surface area contributed by atoms with E-state index in [9.17, 15) is 10.1 Å². The minimum atomic E-state index is -0.323. The zero-order valence-electron chi connectivity index (χ0n) is 9.06. The Hall–Kier alpha value is -1.23. The lowest BCUT2D eigenvalue weighted by atomic mass is 10.1. The summed E-state index contributed by atoms with van der Waals surface area (Å²) in [4.78, 5) is 14.6. The van der Waals surface area contributed by atoms with Gasteiger partial charge in [0.2, 0.25) is 5.70 Å². The molecule has 5 heteroatoms. The molecule has 0 saturated heterocycles. The van der Waals surface area contributed by atoms with E-state index in [1.54, 1.807) is 6.08 Å². The Balaban J connectivity index is 2.88. The van der Waals surface area contributed by atoms with Crippen LogP contribution in [0, 0.1) is 23.0 Å². The van der Waals surface area contributed by atoms with Crippen molar-refractivity contribution < 1.29 is 4.92 Å². The fourth-order valence-corrected chi connectivity index (χ4v) is 1.93. The standard InChI is InChI=1S/C10H14N2O2S/c1-7(2)4-9(12(13)14)5-10-11-8(3)6-15-10/h5-7H,4H2,1-3H3. The molecular weight excluding hydrogens is 212 g/mol. The van der Waals surface area contributed by atoms with Gasteiger partial charge in [-0.2, -0.15) is 0 Å². The number of allylic oxidation sites excluding steroid dienone is 1. The molecule has 0 aliphatic heterocycles. The average molecular weight is 226 g/mol. The Morgan fingerprint density at radius 2 is 2.40 bits per heavy atom. The minimum Gasteiger partial charge on any atom is -0.259 e. The highest BCUT2D eigenvalue weighted by Gasteiger charge is 2.13. The molecule has 4 nitrogen and oxygen atoms in total. The van der Waals surface area contributed by atoms with Crippen LogP contribution in [0.1, 0.15) is 31.0 Å². The molecule has 0 N–H and O–H groups in total. The van der Waals surface area contributed by atoms with Crippen molar-refractivity contribution in [1.29, 1.82) is 0 Å². The predicted molar refractivity (Wildman–Crippen MR) is 61.3 cm³/mol. The van der Waals surface area contributed by atoms with Crippen LogP contribution >= 0.6 is 11.3 Å². The smallest absolute Gasteiger partial charge is 0.249 e. The van der Waals surface area contributed by atoms with E-state index in [4.69, 9.17) is 0 Å². The van der Waals surface area contributed by atoms with Gasteiger partial charge in [0.05, 0.1) is 4.92 Å². The van der Waals surface area contributed by atoms with Gasteiger partial charge in [-0.3, -0.25) is 10.1 Å². The van der Waals surface area contributed by atoms with Gasteiger partial charge in [0.1, 0.15) is 5.01 Å². The molecule has 1 aromatic rings. The molecule has 0 radical (unpaired) electrons. The maximum Gasteiger partial charge on any atom is 0.249 e. The molecule has 0 bridgehead atoms. The third-order valence-electron chi connectivity index (χ3n) is 1.78. The van der Waals surface area contributed by atoms with Gasteiger partial charge in [0, 0.05) is 23.6 Å². The van der Waals surface area contributed by atoms with Gasteiger partial charge in [0.25, 0.3) is 0 Å². The van der Waals surface area contributed by atoms with Gasteiger partial charge in [0.15, 0.2) is 0 Å². The van der Waals surface area contributed by atoms with E-state index < -0.39 is 0 Å². The Morgan fingerprint density at radius 3 is 2.80 bits per heavy atom. The van der Waals surface area contributed by atoms with Crippen molar-refractivity contribution in [3.8, 4) is 0 Å². The molecule has 1 aromatic heterocycles. The Labute approximate surface area is 92.8 Å². The molecule has 1 rings (SSSR count). The van der Waals surface area contributed by atoms with E-state index in [-0.39, 0.29) is 16.5 Å². The monoisotopic (exact) mass is 226 g/mol. The van der Waals surface area contributed by atoms with Crippen LogP contribution in [-0.2, 0) is 0 Å². The number of nitrogens with zero attached hydrogens (tertiary/aromatic N) is 2. The lowest BCUT2D eigenvalue weighted by Gasteiger charge is -2.00. The topological polar surface area (TPSA) is 56.0 Å². The normalized spacial score (nSPS) is 12.1. The highest BCUT2D eigenvalue weighted by atomic mass is 32.1. The first-order valence-electron chi connectivity index (χ1n) is 4.76. The minimum absolute atomic E-state index is 0.236. The lowest BCUT2D eigenvalue weighted by molar-refractivity contribution is -0.427. The zero-order valence-corrected chi connectivity index (χ0v) is 9.87. The fourth-order valence-electron chi connectivity index (χ4n) is 1.19. The molecule has 82 valence electrons. The van der Waals surface area contributed by atoms with Gasteiger partial charge < -0.3 is 0 Å². The van der Waals surface area contributed by atoms with Gasteiger partial charge in [-0.1, -0.05) is 13.8 Å². The van der Waals surface area contributed by atoms with E-state index in [1.165, 1.54) is 11.3 Å². The molecule has 0 atom stereocenters. The number of rotatable bonds is 4. The quantitative estimate of drug-likeness (QED) is 0.585. The number of nitro groups is 1. The van der Waals surface area contributed by atoms with E-state index in [0.29, 0.717) is 11.4 Å². The number of aromatic nitrogens is 1. The summed E-state index contributed by atoms with van der Waals surface area (Å²) in [7, 11) is 0. The molecule has 0 amide bonds. The van der Waals surface area contributed by atoms with Crippen molar-refractivity contribution in [2.24, 2.45) is 5.92 Å². The maximum absolute atomic E-state index is 10.8. The molecule has 0 fully saturated rings. The van der Waals surface area contributed by atoms with Crippen LogP contribution in [0.15, 0.2) is 11.1 Å². The number of thiazole rings is 1. The number of hydrogen-bond donors (Lipinski definition) is 0. The third-order valence-corrected chi connectivity index (χ3v) is 2.69. The van der Waals surface area contributed by atoms with E-state index in [1.807, 2.05) is 26.2 Å². The van der Waals surface area contributed by atoms with Crippen LogP contribution in [-0.4, -0.2) is 9.91 Å². The molecule has 0 unspecified atom stereocenters. The van der Waals surface area contributed by atoms with E-state index in [0.717, 1.165) is 5.69 Å². The first-order valence-corrected chi connectivity index (χ1v) is 5.64. The summed E-state index contributed by atoms with van der Waals surface area (Å²) < 4.78 is 0. The van der Waals surface area contributed by atoms with Crippen LogP contribution in [0.3, 0.4) is 0 Å². The van der Waals surface area contributed by atoms with Crippen LogP contribution in [0.25, 0.3) is 6.08 Å². The van der Waals surface area contributed by atoms with E-state index >= 15 is 0 Å².